The zero-order valence-electron chi connectivity index (χ0n) is 15.9. The van der Waals surface area contributed by atoms with E-state index in [2.05, 4.69) is 19.8 Å². The molecule has 3 heterocycles. The molecular formula is C19H31N5O. The second-order valence-corrected chi connectivity index (χ2v) is 7.55. The summed E-state index contributed by atoms with van der Waals surface area (Å²) < 4.78 is 0. The minimum atomic E-state index is 0.105. The second-order valence-electron chi connectivity index (χ2n) is 7.55. The van der Waals surface area contributed by atoms with Crippen LogP contribution >= 0.6 is 0 Å². The van der Waals surface area contributed by atoms with E-state index in [0.717, 1.165) is 38.0 Å². The highest BCUT2D eigenvalue weighted by Crippen LogP contribution is 2.24. The van der Waals surface area contributed by atoms with Crippen molar-refractivity contribution in [2.45, 2.75) is 51.5 Å². The van der Waals surface area contributed by atoms with E-state index in [-0.39, 0.29) is 5.91 Å². The maximum atomic E-state index is 13.1. The van der Waals surface area contributed by atoms with E-state index in [4.69, 9.17) is 0 Å². The summed E-state index contributed by atoms with van der Waals surface area (Å²) in [5, 5.41) is 0. The number of carbonyl (C=O) groups is 1. The first-order valence-corrected chi connectivity index (χ1v) is 9.60. The smallest absolute Gasteiger partial charge is 0.257 e. The normalized spacial score (nSPS) is 21.6. The molecule has 2 saturated heterocycles. The molecule has 2 fully saturated rings. The van der Waals surface area contributed by atoms with Crippen molar-refractivity contribution in [3.8, 4) is 0 Å². The van der Waals surface area contributed by atoms with Crippen molar-refractivity contribution < 1.29 is 4.79 Å². The fourth-order valence-corrected chi connectivity index (χ4v) is 3.94. The highest BCUT2D eigenvalue weighted by atomic mass is 16.2. The number of piperidine rings is 1. The van der Waals surface area contributed by atoms with Gasteiger partial charge in [0, 0.05) is 39.4 Å². The molecule has 1 atom stereocenters. The Morgan fingerprint density at radius 2 is 1.92 bits per heavy atom. The molecule has 0 radical (unpaired) electrons. The van der Waals surface area contributed by atoms with E-state index in [9.17, 15) is 4.79 Å². The van der Waals surface area contributed by atoms with Gasteiger partial charge >= 0.3 is 0 Å². The number of amides is 1. The summed E-state index contributed by atoms with van der Waals surface area (Å²) in [5.74, 6) is 0.757. The number of hydrogen-bond donors (Lipinski definition) is 0. The Hall–Kier alpha value is -1.69. The third-order valence-corrected chi connectivity index (χ3v) is 5.46. The Kier molecular flexibility index (Phi) is 5.89. The van der Waals surface area contributed by atoms with Crippen LogP contribution in [0.1, 0.15) is 54.6 Å². The van der Waals surface area contributed by atoms with Crippen LogP contribution in [0.2, 0.25) is 0 Å². The van der Waals surface area contributed by atoms with Gasteiger partial charge in [0.15, 0.2) is 0 Å². The molecule has 6 nitrogen and oxygen atoms in total. The first-order chi connectivity index (χ1) is 12.1. The van der Waals surface area contributed by atoms with Crippen LogP contribution in [0.3, 0.4) is 0 Å². The second kappa shape index (κ2) is 8.13. The molecule has 0 aliphatic carbocycles. The average Bonchev–Trinajstić information content (AvgIpc) is 3.13. The minimum absolute atomic E-state index is 0.105. The summed E-state index contributed by atoms with van der Waals surface area (Å²) in [5.41, 5.74) is 1.42. The summed E-state index contributed by atoms with van der Waals surface area (Å²) in [4.78, 5) is 28.4. The number of rotatable bonds is 5. The van der Waals surface area contributed by atoms with Gasteiger partial charge in [0.05, 0.1) is 11.3 Å². The van der Waals surface area contributed by atoms with Crippen LogP contribution in [-0.2, 0) is 0 Å². The summed E-state index contributed by atoms with van der Waals surface area (Å²) in [6.45, 7) is 6.33. The van der Waals surface area contributed by atoms with E-state index in [0.29, 0.717) is 17.6 Å². The molecule has 0 spiro atoms. The van der Waals surface area contributed by atoms with Gasteiger partial charge in [-0.2, -0.15) is 0 Å². The lowest BCUT2D eigenvalue weighted by Crippen LogP contribution is -2.45. The van der Waals surface area contributed by atoms with Crippen LogP contribution in [0, 0.1) is 6.92 Å². The predicted molar refractivity (Wildman–Crippen MR) is 100 cm³/mol. The van der Waals surface area contributed by atoms with Gasteiger partial charge in [-0.25, -0.2) is 9.97 Å². The van der Waals surface area contributed by atoms with Crippen molar-refractivity contribution in [1.29, 1.82) is 0 Å². The zero-order valence-corrected chi connectivity index (χ0v) is 15.9. The molecule has 0 unspecified atom stereocenters. The van der Waals surface area contributed by atoms with Gasteiger partial charge in [-0.1, -0.05) is 0 Å². The Morgan fingerprint density at radius 3 is 2.60 bits per heavy atom. The van der Waals surface area contributed by atoms with E-state index >= 15 is 0 Å². The van der Waals surface area contributed by atoms with Gasteiger partial charge in [0.2, 0.25) is 5.95 Å². The molecular weight excluding hydrogens is 314 g/mol. The summed E-state index contributed by atoms with van der Waals surface area (Å²) >= 11 is 0. The molecule has 1 aromatic heterocycles. The average molecular weight is 345 g/mol. The van der Waals surface area contributed by atoms with E-state index < -0.39 is 0 Å². The Labute approximate surface area is 151 Å². The molecule has 0 bridgehead atoms. The monoisotopic (exact) mass is 345 g/mol. The first-order valence-electron chi connectivity index (χ1n) is 9.60. The van der Waals surface area contributed by atoms with Crippen LogP contribution in [-0.4, -0.2) is 72.0 Å². The van der Waals surface area contributed by atoms with Crippen LogP contribution in [0.5, 0.6) is 0 Å². The SMILES string of the molecule is Cc1nc(N(C)C)ncc1C(=O)N1CCCC[C@@H]1CCN1CCCC1. The van der Waals surface area contributed by atoms with Gasteiger partial charge in [0.1, 0.15) is 0 Å². The van der Waals surface area contributed by atoms with E-state index in [1.165, 1.54) is 32.4 Å². The molecule has 3 rings (SSSR count). The zero-order chi connectivity index (χ0) is 17.8. The molecule has 0 saturated carbocycles. The van der Waals surface area contributed by atoms with Crippen molar-refractivity contribution in [2.24, 2.45) is 0 Å². The maximum Gasteiger partial charge on any atom is 0.257 e. The van der Waals surface area contributed by atoms with Crippen LogP contribution in [0.25, 0.3) is 0 Å². The van der Waals surface area contributed by atoms with Gasteiger partial charge < -0.3 is 14.7 Å². The first kappa shape index (κ1) is 18.1. The highest BCUT2D eigenvalue weighted by molar-refractivity contribution is 5.95. The van der Waals surface area contributed by atoms with Crippen molar-refractivity contribution in [1.82, 2.24) is 19.8 Å². The Morgan fingerprint density at radius 1 is 1.20 bits per heavy atom. The molecule has 138 valence electrons. The van der Waals surface area contributed by atoms with E-state index in [1.54, 1.807) is 6.20 Å². The minimum Gasteiger partial charge on any atom is -0.347 e. The number of anilines is 1. The number of carbonyl (C=O) groups excluding carboxylic acids is 1. The van der Waals surface area contributed by atoms with Gasteiger partial charge in [-0.3, -0.25) is 4.79 Å². The molecule has 0 N–H and O–H groups in total. The standard InChI is InChI=1S/C19H31N5O/c1-15-17(14-20-19(21-15)22(2)3)18(25)24-12-5-4-8-16(24)9-13-23-10-6-7-11-23/h14,16H,4-13H2,1-3H3/t16-/m1/s1. The molecule has 2 aliphatic rings. The van der Waals surface area contributed by atoms with Crippen molar-refractivity contribution in [3.05, 3.63) is 17.5 Å². The largest absolute Gasteiger partial charge is 0.347 e. The number of likely N-dealkylation sites (tertiary alicyclic amines) is 2. The number of aryl methyl sites for hydroxylation is 1. The van der Waals surface area contributed by atoms with E-state index in [1.807, 2.05) is 25.9 Å². The third kappa shape index (κ3) is 4.29. The topological polar surface area (TPSA) is 52.6 Å². The molecule has 25 heavy (non-hydrogen) atoms. The van der Waals surface area contributed by atoms with Gasteiger partial charge in [-0.05, 0) is 58.5 Å². The quantitative estimate of drug-likeness (QED) is 0.820. The molecule has 2 aliphatic heterocycles. The Balaban J connectivity index is 1.69. The Bertz CT molecular complexity index is 597. The molecule has 6 heteroatoms. The molecule has 0 aromatic carbocycles. The molecule has 1 amide bonds. The highest BCUT2D eigenvalue weighted by Gasteiger charge is 2.29. The predicted octanol–water partition coefficient (Wildman–Crippen LogP) is 2.33. The lowest BCUT2D eigenvalue weighted by molar-refractivity contribution is 0.0586. The van der Waals surface area contributed by atoms with Gasteiger partial charge in [-0.15, -0.1) is 0 Å². The lowest BCUT2D eigenvalue weighted by Gasteiger charge is -2.37. The van der Waals surface area contributed by atoms with Crippen LogP contribution in [0.4, 0.5) is 5.95 Å². The summed E-state index contributed by atoms with van der Waals surface area (Å²) in [7, 11) is 3.82. The maximum absolute atomic E-state index is 13.1. The third-order valence-electron chi connectivity index (χ3n) is 5.46. The fraction of sp³-hybridized carbons (Fsp3) is 0.737. The lowest BCUT2D eigenvalue weighted by atomic mass is 9.98. The number of hydrogen-bond acceptors (Lipinski definition) is 5. The summed E-state index contributed by atoms with van der Waals surface area (Å²) in [6, 6.07) is 0.356. The van der Waals surface area contributed by atoms with Crippen molar-refractivity contribution >= 4 is 11.9 Å². The fourth-order valence-electron chi connectivity index (χ4n) is 3.94. The molecule has 1 aromatic rings. The van der Waals surface area contributed by atoms with Crippen LogP contribution < -0.4 is 4.90 Å². The number of nitrogens with zero attached hydrogens (tertiary/aromatic N) is 5. The number of aromatic nitrogens is 2. The summed E-state index contributed by atoms with van der Waals surface area (Å²) in [6.07, 6.45) is 8.87. The van der Waals surface area contributed by atoms with Crippen molar-refractivity contribution in [3.63, 3.8) is 0 Å². The van der Waals surface area contributed by atoms with Crippen molar-refractivity contribution in [2.75, 3.05) is 45.2 Å². The van der Waals surface area contributed by atoms with Gasteiger partial charge in [0.25, 0.3) is 5.91 Å². The van der Waals surface area contributed by atoms with Crippen LogP contribution in [0.15, 0.2) is 6.20 Å².